The molecule has 2 aliphatic rings. The summed E-state index contributed by atoms with van der Waals surface area (Å²) in [7, 11) is 2.23. The third-order valence-electron chi connectivity index (χ3n) is 5.05. The van der Waals surface area contributed by atoms with Gasteiger partial charge in [-0.05, 0) is 33.7 Å². The zero-order chi connectivity index (χ0) is 12.6. The molecule has 1 aliphatic carbocycles. The van der Waals surface area contributed by atoms with Crippen molar-refractivity contribution in [3.05, 3.63) is 0 Å². The number of fused-ring (bicyclic) bond motifs is 1. The van der Waals surface area contributed by atoms with Gasteiger partial charge in [0.1, 0.15) is 6.10 Å². The summed E-state index contributed by atoms with van der Waals surface area (Å²) >= 11 is 0. The zero-order valence-electron chi connectivity index (χ0n) is 11.5. The average Bonchev–Trinajstić information content (AvgIpc) is 2.25. The van der Waals surface area contributed by atoms with Gasteiger partial charge in [0.25, 0.3) is 0 Å². The maximum Gasteiger partial charge on any atom is 0.302 e. The molecule has 1 saturated heterocycles. The molecule has 0 aromatic carbocycles. The van der Waals surface area contributed by atoms with E-state index in [1.165, 1.54) is 32.6 Å². The Kier molecular flexibility index (Phi) is 3.48. The van der Waals surface area contributed by atoms with Crippen LogP contribution < -0.4 is 0 Å². The lowest BCUT2D eigenvalue weighted by atomic mass is 9.66. The van der Waals surface area contributed by atoms with Gasteiger partial charge in [-0.2, -0.15) is 0 Å². The highest BCUT2D eigenvalue weighted by molar-refractivity contribution is 5.66. The first-order valence-corrected chi connectivity index (χ1v) is 6.85. The second-order valence-electron chi connectivity index (χ2n) is 6.05. The fourth-order valence-electron chi connectivity index (χ4n) is 3.87. The SMILES string of the molecule is CC(=O)O[C@@H]1C[C@H](C)N(C)[C@@]2(C)CCCC[C@@H]12. The van der Waals surface area contributed by atoms with E-state index in [4.69, 9.17) is 4.74 Å². The molecular weight excluding hydrogens is 214 g/mol. The Hall–Kier alpha value is -0.570. The smallest absolute Gasteiger partial charge is 0.302 e. The molecule has 1 saturated carbocycles. The molecule has 2 rings (SSSR count). The van der Waals surface area contributed by atoms with Crippen LogP contribution >= 0.6 is 0 Å². The minimum Gasteiger partial charge on any atom is -0.462 e. The van der Waals surface area contributed by atoms with Crippen LogP contribution in [0.1, 0.15) is 52.9 Å². The van der Waals surface area contributed by atoms with Gasteiger partial charge in [-0.25, -0.2) is 0 Å². The lowest BCUT2D eigenvalue weighted by molar-refractivity contribution is -0.165. The van der Waals surface area contributed by atoms with E-state index in [0.29, 0.717) is 12.0 Å². The molecule has 17 heavy (non-hydrogen) atoms. The summed E-state index contributed by atoms with van der Waals surface area (Å²) in [6.07, 6.45) is 6.12. The molecule has 0 N–H and O–H groups in total. The lowest BCUT2D eigenvalue weighted by Crippen LogP contribution is -2.63. The molecule has 0 aromatic heterocycles. The highest BCUT2D eigenvalue weighted by Crippen LogP contribution is 2.46. The van der Waals surface area contributed by atoms with Crippen LogP contribution in [-0.4, -0.2) is 35.6 Å². The molecule has 4 atom stereocenters. The van der Waals surface area contributed by atoms with Gasteiger partial charge >= 0.3 is 5.97 Å². The molecule has 0 bridgehead atoms. The average molecular weight is 239 g/mol. The summed E-state index contributed by atoms with van der Waals surface area (Å²) in [5.41, 5.74) is 0.218. The maximum absolute atomic E-state index is 11.2. The van der Waals surface area contributed by atoms with E-state index in [1.807, 2.05) is 0 Å². The summed E-state index contributed by atoms with van der Waals surface area (Å²) in [6.45, 7) is 6.12. The quantitative estimate of drug-likeness (QED) is 0.659. The largest absolute Gasteiger partial charge is 0.462 e. The van der Waals surface area contributed by atoms with Gasteiger partial charge in [0.2, 0.25) is 0 Å². The molecule has 0 aromatic rings. The second kappa shape index (κ2) is 4.60. The first kappa shape index (κ1) is 12.9. The first-order valence-electron chi connectivity index (χ1n) is 6.85. The Morgan fingerprint density at radius 1 is 1.41 bits per heavy atom. The van der Waals surface area contributed by atoms with Crippen molar-refractivity contribution in [3.63, 3.8) is 0 Å². The molecule has 1 aliphatic heterocycles. The minimum absolute atomic E-state index is 0.125. The first-order chi connectivity index (χ1) is 7.95. The number of carbonyl (C=O) groups excluding carboxylic acids is 1. The van der Waals surface area contributed by atoms with Crippen molar-refractivity contribution in [1.82, 2.24) is 4.90 Å². The monoisotopic (exact) mass is 239 g/mol. The third kappa shape index (κ3) is 2.22. The number of piperidine rings is 1. The van der Waals surface area contributed by atoms with Gasteiger partial charge in [0.15, 0.2) is 0 Å². The maximum atomic E-state index is 11.2. The van der Waals surface area contributed by atoms with Crippen LogP contribution in [0.3, 0.4) is 0 Å². The number of ether oxygens (including phenoxy) is 1. The van der Waals surface area contributed by atoms with Crippen LogP contribution in [0.5, 0.6) is 0 Å². The minimum atomic E-state index is -0.125. The van der Waals surface area contributed by atoms with Crippen LogP contribution in [0.4, 0.5) is 0 Å². The Morgan fingerprint density at radius 2 is 2.12 bits per heavy atom. The predicted octanol–water partition coefficient (Wildman–Crippen LogP) is 2.59. The molecule has 0 spiro atoms. The highest BCUT2D eigenvalue weighted by Gasteiger charge is 2.50. The number of esters is 1. The summed E-state index contributed by atoms with van der Waals surface area (Å²) in [6, 6.07) is 0.499. The van der Waals surface area contributed by atoms with Crippen molar-refractivity contribution >= 4 is 5.97 Å². The predicted molar refractivity (Wildman–Crippen MR) is 67.8 cm³/mol. The normalized spacial score (nSPS) is 42.9. The van der Waals surface area contributed by atoms with Gasteiger partial charge in [0.05, 0.1) is 0 Å². The summed E-state index contributed by atoms with van der Waals surface area (Å²) in [5, 5.41) is 0. The van der Waals surface area contributed by atoms with E-state index in [-0.39, 0.29) is 17.6 Å². The molecule has 98 valence electrons. The van der Waals surface area contributed by atoms with Crippen molar-refractivity contribution < 1.29 is 9.53 Å². The van der Waals surface area contributed by atoms with E-state index in [9.17, 15) is 4.79 Å². The Balaban J connectivity index is 2.22. The standard InChI is InChI=1S/C14H25NO2/c1-10-9-13(17-11(2)16)12-7-5-6-8-14(12,3)15(10)4/h10,12-13H,5-9H2,1-4H3/t10-,12-,13+,14-/m0/s1. The Labute approximate surface area is 105 Å². The number of carbonyl (C=O) groups is 1. The molecule has 2 fully saturated rings. The highest BCUT2D eigenvalue weighted by atomic mass is 16.5. The third-order valence-corrected chi connectivity index (χ3v) is 5.05. The van der Waals surface area contributed by atoms with Crippen molar-refractivity contribution in [2.75, 3.05) is 7.05 Å². The Morgan fingerprint density at radius 3 is 2.76 bits per heavy atom. The molecular formula is C14H25NO2. The molecule has 0 unspecified atom stereocenters. The second-order valence-corrected chi connectivity index (χ2v) is 6.05. The van der Waals surface area contributed by atoms with E-state index in [0.717, 1.165) is 6.42 Å². The fraction of sp³-hybridized carbons (Fsp3) is 0.929. The number of hydrogen-bond acceptors (Lipinski definition) is 3. The van der Waals surface area contributed by atoms with Gasteiger partial charge in [0, 0.05) is 30.8 Å². The van der Waals surface area contributed by atoms with Crippen LogP contribution in [0.25, 0.3) is 0 Å². The summed E-state index contributed by atoms with van der Waals surface area (Å²) < 4.78 is 5.58. The van der Waals surface area contributed by atoms with Gasteiger partial charge in [-0.1, -0.05) is 12.8 Å². The van der Waals surface area contributed by atoms with Crippen LogP contribution in [-0.2, 0) is 9.53 Å². The topological polar surface area (TPSA) is 29.5 Å². The number of likely N-dealkylation sites (tertiary alicyclic amines) is 1. The van der Waals surface area contributed by atoms with Crippen molar-refractivity contribution in [2.24, 2.45) is 5.92 Å². The van der Waals surface area contributed by atoms with E-state index >= 15 is 0 Å². The summed E-state index contributed by atoms with van der Waals surface area (Å²) in [5.74, 6) is 0.390. The fourth-order valence-corrected chi connectivity index (χ4v) is 3.87. The zero-order valence-corrected chi connectivity index (χ0v) is 11.5. The van der Waals surface area contributed by atoms with Crippen molar-refractivity contribution in [1.29, 1.82) is 0 Å². The molecule has 0 radical (unpaired) electrons. The van der Waals surface area contributed by atoms with Gasteiger partial charge in [-0.3, -0.25) is 9.69 Å². The van der Waals surface area contributed by atoms with E-state index in [1.54, 1.807) is 0 Å². The molecule has 1 heterocycles. The summed E-state index contributed by atoms with van der Waals surface area (Å²) in [4.78, 5) is 13.8. The van der Waals surface area contributed by atoms with Crippen LogP contribution in [0.15, 0.2) is 0 Å². The Bertz CT molecular complexity index is 305. The number of hydrogen-bond donors (Lipinski definition) is 0. The van der Waals surface area contributed by atoms with E-state index in [2.05, 4.69) is 25.8 Å². The van der Waals surface area contributed by atoms with E-state index < -0.39 is 0 Å². The molecule has 3 nitrogen and oxygen atoms in total. The van der Waals surface area contributed by atoms with Crippen molar-refractivity contribution in [2.45, 2.75) is 70.6 Å². The van der Waals surface area contributed by atoms with Crippen molar-refractivity contribution in [3.8, 4) is 0 Å². The van der Waals surface area contributed by atoms with Crippen LogP contribution in [0, 0.1) is 5.92 Å². The lowest BCUT2D eigenvalue weighted by Gasteiger charge is -2.56. The molecule has 0 amide bonds. The van der Waals surface area contributed by atoms with Gasteiger partial charge in [-0.15, -0.1) is 0 Å². The van der Waals surface area contributed by atoms with Crippen LogP contribution in [0.2, 0.25) is 0 Å². The number of rotatable bonds is 1. The van der Waals surface area contributed by atoms with Gasteiger partial charge < -0.3 is 4.74 Å². The number of nitrogens with zero attached hydrogens (tertiary/aromatic N) is 1. The molecule has 3 heteroatoms.